The van der Waals surface area contributed by atoms with Crippen molar-refractivity contribution in [3.63, 3.8) is 0 Å². The molecule has 0 aliphatic carbocycles. The molecular formula is C31H38N4O5. The van der Waals surface area contributed by atoms with Crippen molar-refractivity contribution in [1.82, 2.24) is 14.7 Å². The smallest absolute Gasteiger partial charge is 0.264 e. The Kier molecular flexibility index (Phi) is 7.16. The monoisotopic (exact) mass is 546 g/mol. The maximum atomic E-state index is 13.9. The van der Waals surface area contributed by atoms with Crippen molar-refractivity contribution in [3.8, 4) is 11.5 Å². The highest BCUT2D eigenvalue weighted by Gasteiger charge is 2.49. The second-order valence-corrected chi connectivity index (χ2v) is 11.4. The van der Waals surface area contributed by atoms with E-state index in [2.05, 4.69) is 4.90 Å². The molecule has 2 aromatic rings. The van der Waals surface area contributed by atoms with Crippen LogP contribution in [0.5, 0.6) is 11.5 Å². The van der Waals surface area contributed by atoms with E-state index in [1.54, 1.807) is 34.1 Å². The number of carbonyl (C=O) groups is 3. The zero-order valence-corrected chi connectivity index (χ0v) is 23.6. The van der Waals surface area contributed by atoms with Crippen LogP contribution >= 0.6 is 0 Å². The van der Waals surface area contributed by atoms with Gasteiger partial charge in [-0.1, -0.05) is 24.6 Å². The van der Waals surface area contributed by atoms with E-state index in [0.717, 1.165) is 13.0 Å². The van der Waals surface area contributed by atoms with Crippen LogP contribution in [0.15, 0.2) is 36.4 Å². The van der Waals surface area contributed by atoms with E-state index in [0.29, 0.717) is 45.8 Å². The zero-order valence-electron chi connectivity index (χ0n) is 23.6. The highest BCUT2D eigenvalue weighted by molar-refractivity contribution is 6.18. The zero-order chi connectivity index (χ0) is 28.0. The molecule has 4 aliphatic rings. The third kappa shape index (κ3) is 4.31. The summed E-state index contributed by atoms with van der Waals surface area (Å²) in [5, 5.41) is 0. The average Bonchev–Trinajstić information content (AvgIpc) is 3.28. The number of hydrogen-bond donors (Lipinski definition) is 0. The Morgan fingerprint density at radius 2 is 1.77 bits per heavy atom. The maximum Gasteiger partial charge on any atom is 0.264 e. The molecule has 0 saturated carbocycles. The summed E-state index contributed by atoms with van der Waals surface area (Å²) in [6.45, 7) is 3.29. The van der Waals surface area contributed by atoms with Gasteiger partial charge < -0.3 is 24.2 Å². The number of amides is 3. The fourth-order valence-electron chi connectivity index (χ4n) is 7.30. The third-order valence-electron chi connectivity index (χ3n) is 9.21. The van der Waals surface area contributed by atoms with Crippen molar-refractivity contribution >= 4 is 23.4 Å². The van der Waals surface area contributed by atoms with Gasteiger partial charge in [-0.25, -0.2) is 0 Å². The van der Waals surface area contributed by atoms with Gasteiger partial charge in [0.25, 0.3) is 11.8 Å². The molecule has 3 atom stereocenters. The lowest BCUT2D eigenvalue weighted by Gasteiger charge is -2.45. The highest BCUT2D eigenvalue weighted by Crippen LogP contribution is 2.49. The van der Waals surface area contributed by atoms with Gasteiger partial charge in [0, 0.05) is 38.2 Å². The molecule has 4 heterocycles. The van der Waals surface area contributed by atoms with Gasteiger partial charge in [-0.05, 0) is 62.9 Å². The second-order valence-electron chi connectivity index (χ2n) is 11.4. The predicted molar refractivity (Wildman–Crippen MR) is 151 cm³/mol. The van der Waals surface area contributed by atoms with Gasteiger partial charge in [0.05, 0.1) is 31.0 Å². The van der Waals surface area contributed by atoms with Gasteiger partial charge in [-0.2, -0.15) is 0 Å². The molecule has 0 radical (unpaired) electrons. The Balaban J connectivity index is 1.24. The lowest BCUT2D eigenvalue weighted by Crippen LogP contribution is -2.51. The Morgan fingerprint density at radius 3 is 2.58 bits per heavy atom. The lowest BCUT2D eigenvalue weighted by atomic mass is 9.83. The number of rotatable bonds is 7. The first-order valence-corrected chi connectivity index (χ1v) is 14.4. The van der Waals surface area contributed by atoms with Gasteiger partial charge in [0.1, 0.15) is 6.17 Å². The highest BCUT2D eigenvalue weighted by atomic mass is 16.5. The summed E-state index contributed by atoms with van der Waals surface area (Å²) in [5.74, 6) is 0.874. The van der Waals surface area contributed by atoms with E-state index < -0.39 is 6.17 Å². The van der Waals surface area contributed by atoms with Crippen molar-refractivity contribution in [2.75, 3.05) is 52.3 Å². The minimum atomic E-state index is -0.656. The number of benzene rings is 2. The Bertz CT molecular complexity index is 1330. The largest absolute Gasteiger partial charge is 0.493 e. The Labute approximate surface area is 235 Å². The molecular weight excluding hydrogens is 508 g/mol. The van der Waals surface area contributed by atoms with Crippen LogP contribution in [0, 0.1) is 5.92 Å². The Hall–Kier alpha value is -3.59. The summed E-state index contributed by atoms with van der Waals surface area (Å²) in [7, 11) is 4.92. The minimum Gasteiger partial charge on any atom is -0.493 e. The first-order valence-electron chi connectivity index (χ1n) is 14.4. The SMILES string of the molecule is COc1ccc2c(c1OC)C(=O)N1c3ccccc3C(=O)N(CCC(=O)N(C)C[C@@H]3CCCN4CCCC[C@H]34)C21. The molecule has 1 unspecified atom stereocenters. The van der Waals surface area contributed by atoms with Crippen LogP contribution in [-0.4, -0.2) is 85.9 Å². The van der Waals surface area contributed by atoms with Crippen molar-refractivity contribution in [3.05, 3.63) is 53.1 Å². The predicted octanol–water partition coefficient (Wildman–Crippen LogP) is 3.93. The van der Waals surface area contributed by atoms with Crippen molar-refractivity contribution in [2.45, 2.75) is 50.7 Å². The molecule has 0 aromatic heterocycles. The molecule has 2 aromatic carbocycles. The van der Waals surface area contributed by atoms with Crippen LogP contribution < -0.4 is 14.4 Å². The van der Waals surface area contributed by atoms with Gasteiger partial charge in [-0.3, -0.25) is 19.3 Å². The molecule has 0 N–H and O–H groups in total. The molecule has 0 bridgehead atoms. The average molecular weight is 547 g/mol. The third-order valence-corrected chi connectivity index (χ3v) is 9.21. The fraction of sp³-hybridized carbons (Fsp3) is 0.516. The number of para-hydroxylation sites is 1. The van der Waals surface area contributed by atoms with E-state index in [1.807, 2.05) is 24.1 Å². The number of ether oxygens (including phenoxy) is 2. The number of methoxy groups -OCH3 is 2. The minimum absolute atomic E-state index is 0.0167. The van der Waals surface area contributed by atoms with E-state index in [9.17, 15) is 14.4 Å². The summed E-state index contributed by atoms with van der Waals surface area (Å²) in [4.78, 5) is 48.9. The topological polar surface area (TPSA) is 82.6 Å². The van der Waals surface area contributed by atoms with Crippen molar-refractivity contribution in [1.29, 1.82) is 0 Å². The fourth-order valence-corrected chi connectivity index (χ4v) is 7.30. The quantitative estimate of drug-likeness (QED) is 0.524. The number of piperidine rings is 2. The number of nitrogens with zero attached hydrogens (tertiary/aromatic N) is 4. The van der Waals surface area contributed by atoms with Gasteiger partial charge >= 0.3 is 0 Å². The molecule has 9 nitrogen and oxygen atoms in total. The van der Waals surface area contributed by atoms with Crippen molar-refractivity contribution in [2.24, 2.45) is 5.92 Å². The number of hydrogen-bond acceptors (Lipinski definition) is 6. The number of fused-ring (bicyclic) bond motifs is 6. The van der Waals surface area contributed by atoms with Crippen LogP contribution in [0.2, 0.25) is 0 Å². The first-order chi connectivity index (χ1) is 19.4. The standard InChI is InChI=1S/C31H38N4O5/c1-32(19-20-9-8-17-33-16-7-6-11-23(20)33)26(36)15-18-34-29-22-13-14-25(39-2)28(40-3)27(22)31(38)35(29)24-12-5-4-10-21(24)30(34)37/h4-5,10,12-14,20,23,29H,6-9,11,15-19H2,1-3H3/t20-,23+,29?/m0/s1. The summed E-state index contributed by atoms with van der Waals surface area (Å²) in [6.07, 6.45) is 5.62. The Morgan fingerprint density at radius 1 is 0.975 bits per heavy atom. The molecule has 40 heavy (non-hydrogen) atoms. The molecule has 212 valence electrons. The van der Waals surface area contributed by atoms with Crippen LogP contribution in [0.3, 0.4) is 0 Å². The maximum absolute atomic E-state index is 13.9. The molecule has 2 saturated heterocycles. The molecule has 2 fully saturated rings. The van der Waals surface area contributed by atoms with E-state index in [-0.39, 0.29) is 30.7 Å². The van der Waals surface area contributed by atoms with E-state index in [1.165, 1.54) is 53.0 Å². The van der Waals surface area contributed by atoms with Gasteiger partial charge in [0.2, 0.25) is 5.91 Å². The summed E-state index contributed by atoms with van der Waals surface area (Å²) >= 11 is 0. The van der Waals surface area contributed by atoms with Crippen LogP contribution in [0.4, 0.5) is 5.69 Å². The normalized spacial score (nSPS) is 23.7. The van der Waals surface area contributed by atoms with Gasteiger partial charge in [0.15, 0.2) is 11.5 Å². The molecule has 9 heteroatoms. The molecule has 4 aliphatic heterocycles. The first kappa shape index (κ1) is 26.6. The molecule has 6 rings (SSSR count). The van der Waals surface area contributed by atoms with E-state index in [4.69, 9.17) is 9.47 Å². The van der Waals surface area contributed by atoms with Crippen LogP contribution in [-0.2, 0) is 4.79 Å². The lowest BCUT2D eigenvalue weighted by molar-refractivity contribution is -0.131. The second kappa shape index (κ2) is 10.8. The number of carbonyl (C=O) groups excluding carboxylic acids is 3. The van der Waals surface area contributed by atoms with Crippen molar-refractivity contribution < 1.29 is 23.9 Å². The van der Waals surface area contributed by atoms with Crippen LogP contribution in [0.25, 0.3) is 0 Å². The van der Waals surface area contributed by atoms with Crippen LogP contribution in [0.1, 0.15) is 71.0 Å². The molecule has 0 spiro atoms. The number of anilines is 1. The van der Waals surface area contributed by atoms with Gasteiger partial charge in [-0.15, -0.1) is 0 Å². The summed E-state index contributed by atoms with van der Waals surface area (Å²) in [5.41, 5.74) is 2.07. The molecule has 3 amide bonds. The summed E-state index contributed by atoms with van der Waals surface area (Å²) < 4.78 is 11.1. The van der Waals surface area contributed by atoms with E-state index >= 15 is 0 Å². The summed E-state index contributed by atoms with van der Waals surface area (Å²) in [6, 6.07) is 11.3.